The van der Waals surface area contributed by atoms with E-state index in [4.69, 9.17) is 0 Å². The lowest BCUT2D eigenvalue weighted by molar-refractivity contribution is -0.384. The standard InChI is InChI=1S/C24H22N4O3S/c1-14-8-15(2)10-19(9-14)25-24-26-23(29)22(32-24)12-18-11-16(3)27(17(18)4)20-6-5-7-21(13-20)28(30)31/h5-13H,1-4H3,(H,25,26,29)/b22-12+. The number of hydrogen-bond acceptors (Lipinski definition) is 5. The third-order valence-electron chi connectivity index (χ3n) is 5.14. The van der Waals surface area contributed by atoms with Gasteiger partial charge in [0.1, 0.15) is 0 Å². The van der Waals surface area contributed by atoms with E-state index in [2.05, 4.69) is 16.4 Å². The van der Waals surface area contributed by atoms with Gasteiger partial charge in [-0.15, -0.1) is 0 Å². The third-order valence-corrected chi connectivity index (χ3v) is 6.05. The normalized spacial score (nSPS) is 16.1. The molecule has 1 fully saturated rings. The van der Waals surface area contributed by atoms with Crippen molar-refractivity contribution in [1.29, 1.82) is 0 Å². The minimum absolute atomic E-state index is 0.0351. The van der Waals surface area contributed by atoms with Crippen LogP contribution in [0, 0.1) is 37.8 Å². The molecule has 0 saturated carbocycles. The van der Waals surface area contributed by atoms with Gasteiger partial charge in [0.15, 0.2) is 5.17 Å². The van der Waals surface area contributed by atoms with E-state index in [-0.39, 0.29) is 11.6 Å². The maximum atomic E-state index is 12.5. The van der Waals surface area contributed by atoms with Crippen LogP contribution in [0.3, 0.4) is 0 Å². The van der Waals surface area contributed by atoms with Crippen LogP contribution in [0.15, 0.2) is 58.4 Å². The van der Waals surface area contributed by atoms with Crippen molar-refractivity contribution in [1.82, 2.24) is 9.88 Å². The largest absolute Gasteiger partial charge is 0.318 e. The molecular formula is C24H22N4O3S. The van der Waals surface area contributed by atoms with E-state index in [9.17, 15) is 14.9 Å². The van der Waals surface area contributed by atoms with Crippen molar-refractivity contribution in [3.8, 4) is 5.69 Å². The molecule has 0 spiro atoms. The fraction of sp³-hybridized carbons (Fsp3) is 0.167. The van der Waals surface area contributed by atoms with E-state index in [0.717, 1.165) is 33.8 Å². The van der Waals surface area contributed by atoms with Crippen LogP contribution in [0.5, 0.6) is 0 Å². The smallest absolute Gasteiger partial charge is 0.271 e. The highest BCUT2D eigenvalue weighted by atomic mass is 32.2. The number of nitro groups is 1. The number of amidine groups is 1. The molecule has 0 radical (unpaired) electrons. The molecule has 1 aliphatic heterocycles. The summed E-state index contributed by atoms with van der Waals surface area (Å²) in [6.45, 7) is 7.89. The van der Waals surface area contributed by atoms with Crippen LogP contribution in [-0.4, -0.2) is 20.6 Å². The number of carbonyl (C=O) groups excluding carboxylic acids is 1. The van der Waals surface area contributed by atoms with Crippen molar-refractivity contribution >= 4 is 40.3 Å². The Morgan fingerprint density at radius 1 is 1.06 bits per heavy atom. The summed E-state index contributed by atoms with van der Waals surface area (Å²) in [6.07, 6.45) is 1.83. The van der Waals surface area contributed by atoms with Crippen LogP contribution in [-0.2, 0) is 4.79 Å². The van der Waals surface area contributed by atoms with Crippen LogP contribution in [0.4, 0.5) is 11.4 Å². The number of benzene rings is 2. The predicted octanol–water partition coefficient (Wildman–Crippen LogP) is 5.51. The monoisotopic (exact) mass is 446 g/mol. The topological polar surface area (TPSA) is 89.5 Å². The Bertz CT molecular complexity index is 1300. The van der Waals surface area contributed by atoms with Crippen molar-refractivity contribution < 1.29 is 9.72 Å². The summed E-state index contributed by atoms with van der Waals surface area (Å²) in [5.74, 6) is -0.196. The third kappa shape index (κ3) is 4.36. The molecule has 4 rings (SSSR count). The van der Waals surface area contributed by atoms with E-state index >= 15 is 0 Å². The molecule has 7 nitrogen and oxygen atoms in total. The van der Waals surface area contributed by atoms with Gasteiger partial charge in [-0.1, -0.05) is 12.1 Å². The van der Waals surface area contributed by atoms with Gasteiger partial charge < -0.3 is 9.88 Å². The Kier molecular flexibility index (Phi) is 5.71. The first-order valence-electron chi connectivity index (χ1n) is 10.0. The van der Waals surface area contributed by atoms with Gasteiger partial charge in [-0.25, -0.2) is 4.99 Å². The molecule has 162 valence electrons. The van der Waals surface area contributed by atoms with E-state index in [1.165, 1.54) is 17.8 Å². The minimum atomic E-state index is -0.406. The number of carbonyl (C=O) groups is 1. The van der Waals surface area contributed by atoms with Gasteiger partial charge in [-0.2, -0.15) is 0 Å². The lowest BCUT2D eigenvalue weighted by Crippen LogP contribution is -2.19. The van der Waals surface area contributed by atoms with Crippen molar-refractivity contribution in [3.05, 3.63) is 91.6 Å². The average molecular weight is 447 g/mol. The Labute approximate surface area is 190 Å². The van der Waals surface area contributed by atoms with Crippen LogP contribution in [0.25, 0.3) is 11.8 Å². The molecule has 32 heavy (non-hydrogen) atoms. The zero-order chi connectivity index (χ0) is 23.0. The number of rotatable bonds is 4. The van der Waals surface area contributed by atoms with Crippen molar-refractivity contribution in [2.45, 2.75) is 27.7 Å². The van der Waals surface area contributed by atoms with Gasteiger partial charge in [0.2, 0.25) is 0 Å². The van der Waals surface area contributed by atoms with Crippen LogP contribution in [0.1, 0.15) is 28.1 Å². The molecule has 1 N–H and O–H groups in total. The van der Waals surface area contributed by atoms with E-state index in [1.807, 2.05) is 62.6 Å². The zero-order valence-electron chi connectivity index (χ0n) is 18.2. The van der Waals surface area contributed by atoms with Crippen LogP contribution < -0.4 is 5.32 Å². The molecule has 1 amide bonds. The molecular weight excluding hydrogens is 424 g/mol. The first-order valence-corrected chi connectivity index (χ1v) is 10.8. The minimum Gasteiger partial charge on any atom is -0.318 e. The maximum absolute atomic E-state index is 12.5. The van der Waals surface area contributed by atoms with Crippen LogP contribution in [0.2, 0.25) is 0 Å². The van der Waals surface area contributed by atoms with Gasteiger partial charge in [0.25, 0.3) is 11.6 Å². The zero-order valence-corrected chi connectivity index (χ0v) is 19.0. The summed E-state index contributed by atoms with van der Waals surface area (Å²) in [5.41, 5.74) is 6.46. The van der Waals surface area contributed by atoms with Crippen molar-refractivity contribution in [2.75, 3.05) is 0 Å². The van der Waals surface area contributed by atoms with E-state index < -0.39 is 4.92 Å². The second kappa shape index (κ2) is 8.47. The molecule has 0 bridgehead atoms. The average Bonchev–Trinajstić information content (AvgIpc) is 3.19. The summed E-state index contributed by atoms with van der Waals surface area (Å²) in [6, 6.07) is 14.5. The quantitative estimate of drug-likeness (QED) is 0.325. The number of hydrogen-bond donors (Lipinski definition) is 1. The van der Waals surface area contributed by atoms with E-state index in [0.29, 0.717) is 15.8 Å². The Hall–Kier alpha value is -3.65. The Balaban J connectivity index is 1.65. The molecule has 0 aliphatic carbocycles. The molecule has 8 heteroatoms. The van der Waals surface area contributed by atoms with Crippen molar-refractivity contribution in [3.63, 3.8) is 0 Å². The first kappa shape index (κ1) is 21.6. The van der Waals surface area contributed by atoms with E-state index in [1.54, 1.807) is 12.1 Å². The molecule has 1 saturated heterocycles. The fourth-order valence-corrected chi connectivity index (χ4v) is 4.66. The first-order chi connectivity index (χ1) is 15.2. The Morgan fingerprint density at radius 2 is 1.78 bits per heavy atom. The Morgan fingerprint density at radius 3 is 2.47 bits per heavy atom. The lowest BCUT2D eigenvalue weighted by Gasteiger charge is -2.09. The highest BCUT2D eigenvalue weighted by molar-refractivity contribution is 8.18. The van der Waals surface area contributed by atoms with Gasteiger partial charge in [0, 0.05) is 23.5 Å². The summed E-state index contributed by atoms with van der Waals surface area (Å²) in [4.78, 5) is 28.4. The number of nitro benzene ring substituents is 1. The number of aliphatic imine (C=N–C) groups is 1. The molecule has 0 unspecified atom stereocenters. The number of aryl methyl sites for hydroxylation is 3. The number of aromatic nitrogens is 1. The second-order valence-corrected chi connectivity index (χ2v) is 8.80. The number of amides is 1. The SMILES string of the molecule is Cc1cc(C)cc(N=C2NC(=O)/C(=C\c3cc(C)n(-c4cccc([N+](=O)[O-])c4)c3C)S2)c1. The highest BCUT2D eigenvalue weighted by Crippen LogP contribution is 2.31. The van der Waals surface area contributed by atoms with Gasteiger partial charge in [0.05, 0.1) is 21.2 Å². The number of thioether (sulfide) groups is 1. The second-order valence-electron chi connectivity index (χ2n) is 7.77. The molecule has 2 aromatic carbocycles. The number of nitrogens with zero attached hydrogens (tertiary/aromatic N) is 3. The van der Waals surface area contributed by atoms with Gasteiger partial charge >= 0.3 is 0 Å². The van der Waals surface area contributed by atoms with Gasteiger partial charge in [-0.05, 0) is 86.5 Å². The molecule has 1 aromatic heterocycles. The predicted molar refractivity (Wildman–Crippen MR) is 129 cm³/mol. The molecule has 2 heterocycles. The van der Waals surface area contributed by atoms with Crippen LogP contribution >= 0.6 is 11.8 Å². The molecule has 0 atom stereocenters. The summed E-state index contributed by atoms with van der Waals surface area (Å²) < 4.78 is 1.95. The lowest BCUT2D eigenvalue weighted by atomic mass is 10.1. The van der Waals surface area contributed by atoms with Gasteiger partial charge in [-0.3, -0.25) is 14.9 Å². The number of non-ortho nitro benzene ring substituents is 1. The molecule has 3 aromatic rings. The summed E-state index contributed by atoms with van der Waals surface area (Å²) >= 11 is 1.30. The molecule has 1 aliphatic rings. The maximum Gasteiger partial charge on any atom is 0.271 e. The van der Waals surface area contributed by atoms with Crippen molar-refractivity contribution in [2.24, 2.45) is 4.99 Å². The summed E-state index contributed by atoms with van der Waals surface area (Å²) in [7, 11) is 0. The fourth-order valence-electron chi connectivity index (χ4n) is 3.83. The highest BCUT2D eigenvalue weighted by Gasteiger charge is 2.25. The summed E-state index contributed by atoms with van der Waals surface area (Å²) in [5, 5.41) is 14.5. The number of nitrogens with one attached hydrogen (secondary N) is 1.